The van der Waals surface area contributed by atoms with Gasteiger partial charge in [-0.2, -0.15) is 0 Å². The number of methoxy groups -OCH3 is 1. The molecule has 1 N–H and O–H groups in total. The van der Waals surface area contributed by atoms with E-state index in [4.69, 9.17) is 4.74 Å². The molecule has 0 atom stereocenters. The van der Waals surface area contributed by atoms with Crippen LogP contribution in [0, 0.1) is 10.1 Å². The Hall–Kier alpha value is -3.33. The summed E-state index contributed by atoms with van der Waals surface area (Å²) in [5, 5.41) is 14.5. The molecule has 0 aliphatic carbocycles. The Morgan fingerprint density at radius 3 is 2.60 bits per heavy atom. The predicted octanol–water partition coefficient (Wildman–Crippen LogP) is 4.10. The Bertz CT molecular complexity index is 1040. The highest BCUT2D eigenvalue weighted by Crippen LogP contribution is 2.34. The fourth-order valence-corrected chi connectivity index (χ4v) is 4.25. The summed E-state index contributed by atoms with van der Waals surface area (Å²) in [5.74, 6) is 0.453. The van der Waals surface area contributed by atoms with Crippen LogP contribution in [0.1, 0.15) is 18.4 Å². The van der Waals surface area contributed by atoms with Crippen molar-refractivity contribution in [2.75, 3.05) is 25.1 Å². The van der Waals surface area contributed by atoms with Crippen molar-refractivity contribution in [2.24, 2.45) is 4.99 Å². The molecule has 2 aromatic rings. The number of ether oxygens (including phenoxy) is 1. The number of thioether (sulfide) groups is 1. The van der Waals surface area contributed by atoms with Crippen LogP contribution >= 0.6 is 11.8 Å². The zero-order valence-electron chi connectivity index (χ0n) is 16.3. The van der Waals surface area contributed by atoms with Crippen LogP contribution in [0.2, 0.25) is 0 Å². The summed E-state index contributed by atoms with van der Waals surface area (Å²) in [5.41, 5.74) is 2.25. The van der Waals surface area contributed by atoms with Gasteiger partial charge in [-0.1, -0.05) is 0 Å². The molecule has 8 nitrogen and oxygen atoms in total. The first kappa shape index (κ1) is 20.0. The molecule has 2 heterocycles. The number of nitrogens with one attached hydrogen (secondary N) is 1. The van der Waals surface area contributed by atoms with Crippen molar-refractivity contribution < 1.29 is 14.5 Å². The average Bonchev–Trinajstić information content (AvgIpc) is 3.39. The van der Waals surface area contributed by atoms with Crippen LogP contribution in [0.4, 0.5) is 17.1 Å². The van der Waals surface area contributed by atoms with E-state index in [0.717, 1.165) is 37.4 Å². The van der Waals surface area contributed by atoms with E-state index in [1.54, 1.807) is 43.5 Å². The molecule has 1 amide bonds. The summed E-state index contributed by atoms with van der Waals surface area (Å²) >= 11 is 1.21. The van der Waals surface area contributed by atoms with Crippen LogP contribution in [0.15, 0.2) is 52.4 Å². The van der Waals surface area contributed by atoms with Crippen molar-refractivity contribution in [1.82, 2.24) is 5.32 Å². The molecular formula is C21H20N4O4S. The van der Waals surface area contributed by atoms with Crippen molar-refractivity contribution >= 4 is 46.0 Å². The standard InChI is InChI=1S/C21H20N4O4S/c1-29-17-7-4-15(5-8-17)22-21-23-20(26)19(30-21)13-14-12-16(25(27)28)6-9-18(14)24-10-2-3-11-24/h4-9,12-13H,2-3,10-11H2,1H3,(H,22,23,26)/b19-13-. The molecule has 2 fully saturated rings. The van der Waals surface area contributed by atoms with Crippen molar-refractivity contribution in [3.63, 3.8) is 0 Å². The lowest BCUT2D eigenvalue weighted by atomic mass is 10.1. The molecule has 9 heteroatoms. The number of nitro groups is 1. The summed E-state index contributed by atoms with van der Waals surface area (Å²) in [4.78, 5) is 30.4. The number of rotatable bonds is 5. The average molecular weight is 424 g/mol. The number of nitrogens with zero attached hydrogens (tertiary/aromatic N) is 3. The van der Waals surface area contributed by atoms with Gasteiger partial charge in [0.1, 0.15) is 5.75 Å². The van der Waals surface area contributed by atoms with E-state index in [0.29, 0.717) is 21.3 Å². The first-order chi connectivity index (χ1) is 14.5. The minimum absolute atomic E-state index is 0.000301. The van der Waals surface area contributed by atoms with E-state index >= 15 is 0 Å². The molecule has 154 valence electrons. The number of hydrogen-bond donors (Lipinski definition) is 1. The third-order valence-corrected chi connectivity index (χ3v) is 5.82. The summed E-state index contributed by atoms with van der Waals surface area (Å²) in [6.45, 7) is 1.80. The van der Waals surface area contributed by atoms with Crippen LogP contribution in [0.25, 0.3) is 6.08 Å². The highest BCUT2D eigenvalue weighted by molar-refractivity contribution is 8.18. The minimum Gasteiger partial charge on any atom is -0.497 e. The maximum atomic E-state index is 12.5. The van der Waals surface area contributed by atoms with Crippen molar-refractivity contribution in [2.45, 2.75) is 12.8 Å². The smallest absolute Gasteiger partial charge is 0.270 e. The maximum absolute atomic E-state index is 12.5. The second kappa shape index (κ2) is 8.58. The maximum Gasteiger partial charge on any atom is 0.270 e. The van der Waals surface area contributed by atoms with Crippen molar-refractivity contribution in [3.8, 4) is 5.75 Å². The van der Waals surface area contributed by atoms with E-state index in [2.05, 4.69) is 15.2 Å². The SMILES string of the molecule is COc1ccc(N=C2NC(=O)/C(=C/c3cc([N+](=O)[O-])ccc3N3CCCC3)S2)cc1. The highest BCUT2D eigenvalue weighted by atomic mass is 32.2. The molecule has 2 aromatic carbocycles. The first-order valence-corrected chi connectivity index (χ1v) is 10.3. The zero-order valence-corrected chi connectivity index (χ0v) is 17.1. The third-order valence-electron chi connectivity index (χ3n) is 4.91. The lowest BCUT2D eigenvalue weighted by molar-refractivity contribution is -0.384. The lowest BCUT2D eigenvalue weighted by Crippen LogP contribution is -2.20. The number of carbonyl (C=O) groups excluding carboxylic acids is 1. The number of hydrogen-bond acceptors (Lipinski definition) is 7. The molecule has 0 radical (unpaired) electrons. The van der Waals surface area contributed by atoms with Crippen LogP contribution < -0.4 is 15.0 Å². The number of amidine groups is 1. The van der Waals surface area contributed by atoms with Gasteiger partial charge >= 0.3 is 0 Å². The van der Waals surface area contributed by atoms with Crippen LogP contribution in [-0.4, -0.2) is 36.2 Å². The zero-order chi connectivity index (χ0) is 21.1. The Labute approximate surface area is 177 Å². The molecule has 0 bridgehead atoms. The molecule has 2 saturated heterocycles. The Morgan fingerprint density at radius 1 is 1.20 bits per heavy atom. The van der Waals surface area contributed by atoms with Crippen LogP contribution in [0.5, 0.6) is 5.75 Å². The highest BCUT2D eigenvalue weighted by Gasteiger charge is 2.25. The molecule has 4 rings (SSSR count). The van der Waals surface area contributed by atoms with Gasteiger partial charge in [-0.05, 0) is 61.0 Å². The third kappa shape index (κ3) is 4.30. The summed E-state index contributed by atoms with van der Waals surface area (Å²) < 4.78 is 5.14. The Morgan fingerprint density at radius 2 is 1.93 bits per heavy atom. The molecule has 2 aliphatic heterocycles. The van der Waals surface area contributed by atoms with E-state index < -0.39 is 4.92 Å². The quantitative estimate of drug-likeness (QED) is 0.441. The molecule has 0 unspecified atom stereocenters. The second-order valence-corrected chi connectivity index (χ2v) is 7.90. The number of nitro benzene ring substituents is 1. The summed E-state index contributed by atoms with van der Waals surface area (Å²) in [6, 6.07) is 12.0. The number of anilines is 1. The summed E-state index contributed by atoms with van der Waals surface area (Å²) in [7, 11) is 1.59. The lowest BCUT2D eigenvalue weighted by Gasteiger charge is -2.20. The topological polar surface area (TPSA) is 97.1 Å². The van der Waals surface area contributed by atoms with Gasteiger partial charge in [-0.15, -0.1) is 0 Å². The van der Waals surface area contributed by atoms with E-state index in [1.165, 1.54) is 23.9 Å². The van der Waals surface area contributed by atoms with Crippen molar-refractivity contribution in [3.05, 3.63) is 63.0 Å². The summed E-state index contributed by atoms with van der Waals surface area (Å²) in [6.07, 6.45) is 3.87. The van der Waals surface area contributed by atoms with E-state index in [9.17, 15) is 14.9 Å². The van der Waals surface area contributed by atoms with Crippen LogP contribution in [-0.2, 0) is 4.79 Å². The van der Waals surface area contributed by atoms with E-state index in [1.807, 2.05) is 0 Å². The van der Waals surface area contributed by atoms with Gasteiger partial charge in [-0.25, -0.2) is 4.99 Å². The van der Waals surface area contributed by atoms with Gasteiger partial charge in [0.15, 0.2) is 5.17 Å². The van der Waals surface area contributed by atoms with Gasteiger partial charge in [0, 0.05) is 36.5 Å². The monoisotopic (exact) mass is 424 g/mol. The Balaban J connectivity index is 1.63. The fourth-order valence-electron chi connectivity index (χ4n) is 3.41. The molecule has 0 spiro atoms. The minimum atomic E-state index is -0.422. The number of non-ortho nitro benzene ring substituents is 1. The van der Waals surface area contributed by atoms with Gasteiger partial charge in [0.25, 0.3) is 11.6 Å². The molecular weight excluding hydrogens is 404 g/mol. The fraction of sp³-hybridized carbons (Fsp3) is 0.238. The van der Waals surface area contributed by atoms with Crippen LogP contribution in [0.3, 0.4) is 0 Å². The first-order valence-electron chi connectivity index (χ1n) is 9.50. The van der Waals surface area contributed by atoms with Gasteiger partial charge in [0.05, 0.1) is 22.6 Å². The molecule has 2 aliphatic rings. The van der Waals surface area contributed by atoms with Gasteiger partial charge in [0.2, 0.25) is 0 Å². The number of benzene rings is 2. The Kier molecular flexibility index (Phi) is 5.71. The largest absolute Gasteiger partial charge is 0.497 e. The molecule has 0 saturated carbocycles. The van der Waals surface area contributed by atoms with Gasteiger partial charge in [-0.3, -0.25) is 14.9 Å². The van der Waals surface area contributed by atoms with E-state index in [-0.39, 0.29) is 11.6 Å². The van der Waals surface area contributed by atoms with Crippen molar-refractivity contribution in [1.29, 1.82) is 0 Å². The number of carbonyl (C=O) groups is 1. The van der Waals surface area contributed by atoms with Gasteiger partial charge < -0.3 is 15.0 Å². The molecule has 30 heavy (non-hydrogen) atoms. The number of amides is 1. The predicted molar refractivity (Wildman–Crippen MR) is 118 cm³/mol. The normalized spacial score (nSPS) is 18.8. The number of aliphatic imine (C=N–C) groups is 1. The second-order valence-electron chi connectivity index (χ2n) is 6.87. The molecule has 0 aromatic heterocycles.